The van der Waals surface area contributed by atoms with Crippen molar-refractivity contribution in [3.05, 3.63) is 27.7 Å². The number of carboxylic acids is 1. The maximum absolute atomic E-state index is 12.2. The molecule has 21 heavy (non-hydrogen) atoms. The molecule has 1 aromatic carbocycles. The number of unbranched alkanes of at least 4 members (excludes halogenated alkanes) is 2. The van der Waals surface area contributed by atoms with Crippen molar-refractivity contribution >= 4 is 31.9 Å². The fourth-order valence-electron chi connectivity index (χ4n) is 1.69. The molecular formula is C14H16BrNO4S. The molecule has 2 N–H and O–H groups in total. The van der Waals surface area contributed by atoms with E-state index in [1.807, 2.05) is 0 Å². The van der Waals surface area contributed by atoms with Gasteiger partial charge in [-0.25, -0.2) is 17.9 Å². The molecule has 0 spiro atoms. The monoisotopic (exact) mass is 373 g/mol. The largest absolute Gasteiger partial charge is 0.478 e. The molecule has 0 aliphatic rings. The van der Waals surface area contributed by atoms with Crippen molar-refractivity contribution < 1.29 is 18.3 Å². The van der Waals surface area contributed by atoms with E-state index >= 15 is 0 Å². The maximum Gasteiger partial charge on any atom is 0.335 e. The quantitative estimate of drug-likeness (QED) is 0.568. The van der Waals surface area contributed by atoms with E-state index in [1.165, 1.54) is 6.07 Å². The SMILES string of the molecule is C#CCCCCNS(=O)(=O)c1cc(C(=O)O)cc(C)c1Br. The predicted octanol–water partition coefficient (Wildman–Crippen LogP) is 2.54. The van der Waals surface area contributed by atoms with Crippen molar-refractivity contribution in [2.24, 2.45) is 0 Å². The van der Waals surface area contributed by atoms with Gasteiger partial charge in [0.1, 0.15) is 0 Å². The molecular weight excluding hydrogens is 358 g/mol. The zero-order valence-corrected chi connectivity index (χ0v) is 13.9. The number of nitrogens with one attached hydrogen (secondary N) is 1. The van der Waals surface area contributed by atoms with Gasteiger partial charge < -0.3 is 5.11 Å². The van der Waals surface area contributed by atoms with Crippen LogP contribution < -0.4 is 4.72 Å². The van der Waals surface area contributed by atoms with Crippen LogP contribution in [-0.2, 0) is 10.0 Å². The molecule has 0 radical (unpaired) electrons. The first-order valence-corrected chi connectivity index (χ1v) is 8.53. The van der Waals surface area contributed by atoms with E-state index in [1.54, 1.807) is 6.92 Å². The number of aryl methyl sites for hydroxylation is 1. The van der Waals surface area contributed by atoms with Crippen molar-refractivity contribution in [1.29, 1.82) is 0 Å². The average molecular weight is 374 g/mol. The molecule has 0 heterocycles. The van der Waals surface area contributed by atoms with Gasteiger partial charge in [-0.3, -0.25) is 0 Å². The number of carboxylic acid groups (broad SMARTS) is 1. The Morgan fingerprint density at radius 1 is 1.43 bits per heavy atom. The third-order valence-corrected chi connectivity index (χ3v) is 5.60. The summed E-state index contributed by atoms with van der Waals surface area (Å²) in [5, 5.41) is 9.01. The van der Waals surface area contributed by atoms with Crippen LogP contribution in [0.4, 0.5) is 0 Å². The van der Waals surface area contributed by atoms with Gasteiger partial charge in [0.05, 0.1) is 10.5 Å². The van der Waals surface area contributed by atoms with Crippen LogP contribution in [0.5, 0.6) is 0 Å². The van der Waals surface area contributed by atoms with Gasteiger partial charge in [-0.15, -0.1) is 12.3 Å². The second-order valence-corrected chi connectivity index (χ2v) is 7.00. The highest BCUT2D eigenvalue weighted by Gasteiger charge is 2.21. The summed E-state index contributed by atoms with van der Waals surface area (Å²) in [6, 6.07) is 2.56. The number of hydrogen-bond acceptors (Lipinski definition) is 3. The number of hydrogen-bond donors (Lipinski definition) is 2. The minimum absolute atomic E-state index is 0.0663. The van der Waals surface area contributed by atoms with E-state index in [0.29, 0.717) is 22.9 Å². The molecule has 0 aromatic heterocycles. The minimum Gasteiger partial charge on any atom is -0.478 e. The maximum atomic E-state index is 12.2. The Morgan fingerprint density at radius 2 is 2.10 bits per heavy atom. The number of rotatable bonds is 7. The van der Waals surface area contributed by atoms with Crippen molar-refractivity contribution in [2.75, 3.05) is 6.54 Å². The lowest BCUT2D eigenvalue weighted by Crippen LogP contribution is -2.25. The van der Waals surface area contributed by atoms with Crippen LogP contribution in [0.2, 0.25) is 0 Å². The van der Waals surface area contributed by atoms with Gasteiger partial charge in [-0.2, -0.15) is 0 Å². The number of sulfonamides is 1. The number of carbonyl (C=O) groups is 1. The van der Waals surface area contributed by atoms with Crippen LogP contribution in [0, 0.1) is 19.3 Å². The lowest BCUT2D eigenvalue weighted by molar-refractivity contribution is 0.0696. The van der Waals surface area contributed by atoms with E-state index in [0.717, 1.165) is 12.5 Å². The Morgan fingerprint density at radius 3 is 2.67 bits per heavy atom. The molecule has 0 amide bonds. The standard InChI is InChI=1S/C14H16BrNO4S/c1-3-4-5-6-7-16-21(19,20)12-9-11(14(17)18)8-10(2)13(12)15/h1,8-9,16H,4-7H2,2H3,(H,17,18). The van der Waals surface area contributed by atoms with Crippen LogP contribution in [0.1, 0.15) is 35.2 Å². The van der Waals surface area contributed by atoms with E-state index in [2.05, 4.69) is 26.6 Å². The molecule has 5 nitrogen and oxygen atoms in total. The highest BCUT2D eigenvalue weighted by molar-refractivity contribution is 9.10. The van der Waals surface area contributed by atoms with Gasteiger partial charge in [0.25, 0.3) is 0 Å². The number of aromatic carboxylic acids is 1. The van der Waals surface area contributed by atoms with Crippen molar-refractivity contribution in [3.8, 4) is 12.3 Å². The summed E-state index contributed by atoms with van der Waals surface area (Å²) >= 11 is 3.19. The van der Waals surface area contributed by atoms with Gasteiger partial charge in [0.2, 0.25) is 10.0 Å². The molecule has 0 bridgehead atoms. The lowest BCUT2D eigenvalue weighted by Gasteiger charge is -2.11. The summed E-state index contributed by atoms with van der Waals surface area (Å²) in [7, 11) is -3.77. The van der Waals surface area contributed by atoms with Crippen LogP contribution >= 0.6 is 15.9 Å². The molecule has 0 unspecified atom stereocenters. The number of terminal acetylenes is 1. The van der Waals surface area contributed by atoms with Gasteiger partial charge in [-0.05, 0) is 53.4 Å². The molecule has 0 saturated carbocycles. The van der Waals surface area contributed by atoms with Gasteiger partial charge in [0, 0.05) is 17.4 Å². The third-order valence-electron chi connectivity index (χ3n) is 2.80. The summed E-state index contributed by atoms with van der Waals surface area (Å²) < 4.78 is 27.3. The Labute approximate surface area is 132 Å². The summed E-state index contributed by atoms with van der Waals surface area (Å²) in [6.07, 6.45) is 7.07. The van der Waals surface area contributed by atoms with Crippen LogP contribution in [-0.4, -0.2) is 26.0 Å². The predicted molar refractivity (Wildman–Crippen MR) is 83.7 cm³/mol. The molecule has 1 rings (SSSR count). The molecule has 0 fully saturated rings. The average Bonchev–Trinajstić information content (AvgIpc) is 2.40. The third kappa shape index (κ3) is 4.84. The topological polar surface area (TPSA) is 83.5 Å². The van der Waals surface area contributed by atoms with E-state index in [-0.39, 0.29) is 17.0 Å². The first-order valence-electron chi connectivity index (χ1n) is 6.26. The lowest BCUT2D eigenvalue weighted by atomic mass is 10.1. The Bertz CT molecular complexity index is 677. The van der Waals surface area contributed by atoms with Crippen LogP contribution in [0.15, 0.2) is 21.5 Å². The van der Waals surface area contributed by atoms with E-state index < -0.39 is 16.0 Å². The fraction of sp³-hybridized carbons (Fsp3) is 0.357. The molecule has 1 aromatic rings. The van der Waals surface area contributed by atoms with E-state index in [4.69, 9.17) is 11.5 Å². The smallest absolute Gasteiger partial charge is 0.335 e. The first kappa shape index (κ1) is 17.7. The van der Waals surface area contributed by atoms with Crippen molar-refractivity contribution in [3.63, 3.8) is 0 Å². The second kappa shape index (κ2) is 7.59. The zero-order valence-electron chi connectivity index (χ0n) is 11.5. The second-order valence-electron chi connectivity index (χ2n) is 4.47. The van der Waals surface area contributed by atoms with Gasteiger partial charge >= 0.3 is 5.97 Å². The van der Waals surface area contributed by atoms with Gasteiger partial charge in [0.15, 0.2) is 0 Å². The van der Waals surface area contributed by atoms with Crippen LogP contribution in [0.3, 0.4) is 0 Å². The first-order chi connectivity index (χ1) is 9.79. The number of benzene rings is 1. The molecule has 0 atom stereocenters. The molecule has 0 aliphatic heterocycles. The minimum atomic E-state index is -3.77. The van der Waals surface area contributed by atoms with E-state index in [9.17, 15) is 13.2 Å². The van der Waals surface area contributed by atoms with Gasteiger partial charge in [-0.1, -0.05) is 0 Å². The Hall–Kier alpha value is -1.36. The summed E-state index contributed by atoms with van der Waals surface area (Å²) in [5.41, 5.74) is 0.478. The summed E-state index contributed by atoms with van der Waals surface area (Å²) in [5.74, 6) is 1.31. The molecule has 0 aliphatic carbocycles. The molecule has 7 heteroatoms. The fourth-order valence-corrected chi connectivity index (χ4v) is 3.81. The van der Waals surface area contributed by atoms with Crippen LogP contribution in [0.25, 0.3) is 0 Å². The Balaban J connectivity index is 2.97. The zero-order chi connectivity index (χ0) is 16.0. The summed E-state index contributed by atoms with van der Waals surface area (Å²) in [6.45, 7) is 1.90. The number of halogens is 1. The highest BCUT2D eigenvalue weighted by Crippen LogP contribution is 2.27. The molecule has 0 saturated heterocycles. The normalized spacial score (nSPS) is 11.1. The summed E-state index contributed by atoms with van der Waals surface area (Å²) in [4.78, 5) is 11.0. The van der Waals surface area contributed by atoms with Crippen molar-refractivity contribution in [1.82, 2.24) is 4.72 Å². The Kier molecular flexibility index (Phi) is 6.40. The highest BCUT2D eigenvalue weighted by atomic mass is 79.9. The molecule has 114 valence electrons. The van der Waals surface area contributed by atoms with Crippen molar-refractivity contribution in [2.45, 2.75) is 31.1 Å².